The first-order valence-electron chi connectivity index (χ1n) is 7.92. The van der Waals surface area contributed by atoms with E-state index in [1.807, 2.05) is 12.1 Å². The van der Waals surface area contributed by atoms with Gasteiger partial charge in [-0.2, -0.15) is 0 Å². The van der Waals surface area contributed by atoms with Crippen molar-refractivity contribution >= 4 is 17.8 Å². The average molecular weight is 329 g/mol. The van der Waals surface area contributed by atoms with Gasteiger partial charge in [0.1, 0.15) is 5.75 Å². The highest BCUT2D eigenvalue weighted by molar-refractivity contribution is 6.11. The van der Waals surface area contributed by atoms with Crippen LogP contribution in [0.5, 0.6) is 5.75 Å². The standard InChI is InChI=1S/C18H19NO5/c1-3-24-18(22)14-8-7-13-15(14)17(21)19(16(13)20)10-11-5-4-6-12(9-11)23-2/h4-6,8-9,13,15H,3,7,10H2,1-2H3/t13-,15-/m0/s1. The quantitative estimate of drug-likeness (QED) is 0.607. The van der Waals surface area contributed by atoms with E-state index in [4.69, 9.17) is 9.47 Å². The number of likely N-dealkylation sites (tertiary alicyclic amines) is 1. The van der Waals surface area contributed by atoms with E-state index in [0.717, 1.165) is 5.56 Å². The van der Waals surface area contributed by atoms with E-state index in [0.29, 0.717) is 17.7 Å². The summed E-state index contributed by atoms with van der Waals surface area (Å²) in [4.78, 5) is 38.5. The number of nitrogens with zero attached hydrogens (tertiary/aromatic N) is 1. The summed E-state index contributed by atoms with van der Waals surface area (Å²) < 4.78 is 10.2. The van der Waals surface area contributed by atoms with E-state index < -0.39 is 17.8 Å². The smallest absolute Gasteiger partial charge is 0.334 e. The van der Waals surface area contributed by atoms with Crippen molar-refractivity contribution < 1.29 is 23.9 Å². The molecule has 2 atom stereocenters. The zero-order valence-electron chi connectivity index (χ0n) is 13.7. The maximum absolute atomic E-state index is 12.7. The Kier molecular flexibility index (Phi) is 4.38. The van der Waals surface area contributed by atoms with E-state index in [1.165, 1.54) is 4.90 Å². The minimum Gasteiger partial charge on any atom is -0.497 e. The van der Waals surface area contributed by atoms with Gasteiger partial charge in [0.2, 0.25) is 11.8 Å². The summed E-state index contributed by atoms with van der Waals surface area (Å²) in [6, 6.07) is 7.23. The molecule has 6 heteroatoms. The lowest BCUT2D eigenvalue weighted by Crippen LogP contribution is -2.31. The first-order valence-corrected chi connectivity index (χ1v) is 7.92. The van der Waals surface area contributed by atoms with Crippen molar-refractivity contribution in [3.63, 3.8) is 0 Å². The molecule has 1 heterocycles. The summed E-state index contributed by atoms with van der Waals surface area (Å²) in [6.45, 7) is 2.13. The molecule has 3 rings (SSSR count). The van der Waals surface area contributed by atoms with Crippen LogP contribution in [0.25, 0.3) is 0 Å². The molecule has 0 aromatic heterocycles. The Hall–Kier alpha value is -2.63. The molecule has 1 fully saturated rings. The lowest BCUT2D eigenvalue weighted by Gasteiger charge is -2.16. The first-order chi connectivity index (χ1) is 11.6. The van der Waals surface area contributed by atoms with Gasteiger partial charge in [-0.25, -0.2) is 4.79 Å². The van der Waals surface area contributed by atoms with Crippen molar-refractivity contribution in [1.82, 2.24) is 4.90 Å². The van der Waals surface area contributed by atoms with Gasteiger partial charge < -0.3 is 9.47 Å². The Morgan fingerprint density at radius 1 is 1.29 bits per heavy atom. The molecule has 1 aliphatic carbocycles. The van der Waals surface area contributed by atoms with Crippen LogP contribution in [0.15, 0.2) is 35.9 Å². The summed E-state index contributed by atoms with van der Waals surface area (Å²) in [7, 11) is 1.56. The van der Waals surface area contributed by atoms with Crippen LogP contribution >= 0.6 is 0 Å². The molecular formula is C18H19NO5. The monoisotopic (exact) mass is 329 g/mol. The summed E-state index contributed by atoms with van der Waals surface area (Å²) in [5.74, 6) is -1.59. The minimum absolute atomic E-state index is 0.179. The number of carbonyl (C=O) groups is 3. The number of imide groups is 1. The molecule has 6 nitrogen and oxygen atoms in total. The van der Waals surface area contributed by atoms with Crippen molar-refractivity contribution in [3.05, 3.63) is 41.5 Å². The van der Waals surface area contributed by atoms with E-state index in [-0.39, 0.29) is 25.0 Å². The zero-order chi connectivity index (χ0) is 17.3. The van der Waals surface area contributed by atoms with Crippen molar-refractivity contribution in [3.8, 4) is 5.75 Å². The van der Waals surface area contributed by atoms with Crippen LogP contribution in [-0.4, -0.2) is 36.4 Å². The Balaban J connectivity index is 1.80. The van der Waals surface area contributed by atoms with E-state index in [2.05, 4.69) is 0 Å². The molecule has 0 spiro atoms. The van der Waals surface area contributed by atoms with Crippen molar-refractivity contribution in [2.75, 3.05) is 13.7 Å². The second-order valence-corrected chi connectivity index (χ2v) is 5.81. The SMILES string of the molecule is CCOC(=O)C1=CC[C@@H]2C(=O)N(Cc3cccc(OC)c3)C(=O)[C@H]12. The van der Waals surface area contributed by atoms with Crippen LogP contribution in [0.3, 0.4) is 0 Å². The number of allylic oxidation sites excluding steroid dienone is 1. The Bertz CT molecular complexity index is 724. The number of amides is 2. The van der Waals surface area contributed by atoms with Gasteiger partial charge in [0.05, 0.1) is 32.1 Å². The number of hydrogen-bond acceptors (Lipinski definition) is 5. The highest BCUT2D eigenvalue weighted by Crippen LogP contribution is 2.41. The van der Waals surface area contributed by atoms with Gasteiger partial charge in [-0.1, -0.05) is 18.2 Å². The third kappa shape index (κ3) is 2.68. The highest BCUT2D eigenvalue weighted by Gasteiger charge is 2.52. The molecule has 2 aliphatic rings. The van der Waals surface area contributed by atoms with Crippen molar-refractivity contribution in [2.45, 2.75) is 19.9 Å². The van der Waals surface area contributed by atoms with Crippen molar-refractivity contribution in [1.29, 1.82) is 0 Å². The molecule has 24 heavy (non-hydrogen) atoms. The zero-order valence-corrected chi connectivity index (χ0v) is 13.7. The van der Waals surface area contributed by atoms with Crippen LogP contribution in [0, 0.1) is 11.8 Å². The summed E-state index contributed by atoms with van der Waals surface area (Å²) in [6.07, 6.45) is 2.06. The van der Waals surface area contributed by atoms with E-state index in [9.17, 15) is 14.4 Å². The minimum atomic E-state index is -0.706. The topological polar surface area (TPSA) is 72.9 Å². The maximum atomic E-state index is 12.7. The Labute approximate surface area is 140 Å². The normalized spacial score (nSPS) is 22.4. The predicted octanol–water partition coefficient (Wildman–Crippen LogP) is 1.69. The second kappa shape index (κ2) is 6.47. The van der Waals surface area contributed by atoms with Gasteiger partial charge in [0.25, 0.3) is 0 Å². The molecule has 2 amide bonds. The summed E-state index contributed by atoms with van der Waals surface area (Å²) in [5.41, 5.74) is 1.12. The van der Waals surface area contributed by atoms with Crippen molar-refractivity contribution in [2.24, 2.45) is 11.8 Å². The fraction of sp³-hybridized carbons (Fsp3) is 0.389. The maximum Gasteiger partial charge on any atom is 0.334 e. The van der Waals surface area contributed by atoms with Crippen LogP contribution in [0.4, 0.5) is 0 Å². The average Bonchev–Trinajstić information content (AvgIpc) is 3.12. The second-order valence-electron chi connectivity index (χ2n) is 5.81. The Morgan fingerprint density at radius 2 is 2.08 bits per heavy atom. The number of benzene rings is 1. The molecular weight excluding hydrogens is 310 g/mol. The molecule has 1 aliphatic heterocycles. The molecule has 0 bridgehead atoms. The lowest BCUT2D eigenvalue weighted by molar-refractivity contribution is -0.143. The largest absolute Gasteiger partial charge is 0.497 e. The van der Waals surface area contributed by atoms with Gasteiger partial charge in [0, 0.05) is 5.57 Å². The first kappa shape index (κ1) is 16.2. The number of ether oxygens (including phenoxy) is 2. The summed E-state index contributed by atoms with van der Waals surface area (Å²) >= 11 is 0. The van der Waals surface area contributed by atoms with Gasteiger partial charge >= 0.3 is 5.97 Å². The number of rotatable bonds is 5. The molecule has 0 unspecified atom stereocenters. The van der Waals surface area contributed by atoms with Gasteiger partial charge in [-0.15, -0.1) is 0 Å². The highest BCUT2D eigenvalue weighted by atomic mass is 16.5. The number of carbonyl (C=O) groups excluding carboxylic acids is 3. The lowest BCUT2D eigenvalue weighted by atomic mass is 9.94. The molecule has 0 radical (unpaired) electrons. The van der Waals surface area contributed by atoms with Gasteiger partial charge in [-0.05, 0) is 31.0 Å². The van der Waals surface area contributed by atoms with Crippen LogP contribution in [0.2, 0.25) is 0 Å². The molecule has 1 aromatic rings. The number of fused-ring (bicyclic) bond motifs is 1. The molecule has 126 valence electrons. The predicted molar refractivity (Wildman–Crippen MR) is 84.9 cm³/mol. The van der Waals surface area contributed by atoms with Gasteiger partial charge in [0.15, 0.2) is 0 Å². The third-order valence-electron chi connectivity index (χ3n) is 4.43. The van der Waals surface area contributed by atoms with Gasteiger partial charge in [-0.3, -0.25) is 14.5 Å². The molecule has 0 saturated carbocycles. The summed E-state index contributed by atoms with van der Waals surface area (Å²) in [5, 5.41) is 0. The molecule has 1 saturated heterocycles. The van der Waals surface area contributed by atoms with E-state index >= 15 is 0 Å². The molecule has 0 N–H and O–H groups in total. The Morgan fingerprint density at radius 3 is 2.79 bits per heavy atom. The third-order valence-corrected chi connectivity index (χ3v) is 4.43. The fourth-order valence-corrected chi connectivity index (χ4v) is 3.29. The van der Waals surface area contributed by atoms with Crippen LogP contribution < -0.4 is 4.74 Å². The van der Waals surface area contributed by atoms with E-state index in [1.54, 1.807) is 32.2 Å². The van der Waals surface area contributed by atoms with Crippen LogP contribution in [0.1, 0.15) is 18.9 Å². The fourth-order valence-electron chi connectivity index (χ4n) is 3.29. The number of hydrogen-bond donors (Lipinski definition) is 0. The molecule has 1 aromatic carbocycles. The van der Waals surface area contributed by atoms with Crippen LogP contribution in [-0.2, 0) is 25.7 Å². The number of methoxy groups -OCH3 is 1. The number of esters is 1.